The maximum Gasteiger partial charge on any atom is 0.236 e. The fourth-order valence-corrected chi connectivity index (χ4v) is 3.67. The van der Waals surface area contributed by atoms with Crippen LogP contribution in [0.2, 0.25) is 0 Å². The first-order valence-corrected chi connectivity index (χ1v) is 7.50. The van der Waals surface area contributed by atoms with E-state index in [4.69, 9.17) is 4.52 Å². The van der Waals surface area contributed by atoms with Gasteiger partial charge in [0.05, 0.1) is 6.16 Å². The largest absolute Gasteiger partial charge is 0.328 e. The second-order valence-electron chi connectivity index (χ2n) is 4.13. The van der Waals surface area contributed by atoms with Crippen LogP contribution in [0.15, 0.2) is 48.5 Å². The summed E-state index contributed by atoms with van der Waals surface area (Å²) in [7, 11) is -1.81. The molecule has 0 aliphatic rings. The number of hydrogen-bond acceptors (Lipinski definition) is 2. The molecular weight excluding hydrogens is 269 g/mol. The first-order chi connectivity index (χ1) is 9.03. The van der Waals surface area contributed by atoms with Crippen molar-refractivity contribution in [2.24, 2.45) is 0 Å². The van der Waals surface area contributed by atoms with Gasteiger partial charge < -0.3 is 4.52 Å². The molecule has 0 aliphatic heterocycles. The lowest BCUT2D eigenvalue weighted by Crippen LogP contribution is -2.08. The average Bonchev–Trinajstić information content (AvgIpc) is 2.38. The predicted molar refractivity (Wildman–Crippen MR) is 70.8 cm³/mol. The summed E-state index contributed by atoms with van der Waals surface area (Å²) >= 11 is 0. The minimum Gasteiger partial charge on any atom is -0.328 e. The van der Waals surface area contributed by atoms with Crippen LogP contribution in [0.1, 0.15) is 5.56 Å². The number of rotatable bonds is 4. The molecule has 0 heterocycles. The first-order valence-electron chi connectivity index (χ1n) is 5.69. The molecule has 0 saturated carbocycles. The zero-order valence-corrected chi connectivity index (χ0v) is 11.2. The molecule has 0 spiro atoms. The minimum absolute atomic E-state index is 0.0395. The van der Waals surface area contributed by atoms with Gasteiger partial charge in [-0.25, -0.2) is 8.78 Å². The van der Waals surface area contributed by atoms with Gasteiger partial charge in [0.15, 0.2) is 0 Å². The Hall–Kier alpha value is -1.51. The summed E-state index contributed by atoms with van der Waals surface area (Å²) in [6.45, 7) is 0. The van der Waals surface area contributed by atoms with E-state index < -0.39 is 19.0 Å². The Bertz CT molecular complexity index is 594. The molecule has 100 valence electrons. The highest BCUT2D eigenvalue weighted by Crippen LogP contribution is 2.48. The van der Waals surface area contributed by atoms with E-state index in [1.165, 1.54) is 7.11 Å². The second kappa shape index (κ2) is 5.64. The summed E-state index contributed by atoms with van der Waals surface area (Å²) in [6, 6.07) is 11.8. The lowest BCUT2D eigenvalue weighted by Gasteiger charge is -2.16. The van der Waals surface area contributed by atoms with Crippen molar-refractivity contribution in [1.29, 1.82) is 0 Å². The molecule has 0 saturated heterocycles. The molecule has 0 aromatic heterocycles. The Labute approximate surface area is 110 Å². The van der Waals surface area contributed by atoms with Crippen LogP contribution in [0.5, 0.6) is 0 Å². The Morgan fingerprint density at radius 3 is 2.16 bits per heavy atom. The lowest BCUT2D eigenvalue weighted by molar-refractivity contribution is 0.402. The van der Waals surface area contributed by atoms with Gasteiger partial charge >= 0.3 is 0 Å². The molecule has 2 nitrogen and oxygen atoms in total. The summed E-state index contributed by atoms with van der Waals surface area (Å²) in [5, 5.41) is 0.530. The highest BCUT2D eigenvalue weighted by Gasteiger charge is 2.25. The van der Waals surface area contributed by atoms with E-state index in [0.29, 0.717) is 10.9 Å². The molecule has 2 aromatic carbocycles. The normalized spacial score (nSPS) is 14.1. The summed E-state index contributed by atoms with van der Waals surface area (Å²) in [5.74, 6) is -1.38. The van der Waals surface area contributed by atoms with E-state index in [0.717, 1.165) is 18.2 Å². The summed E-state index contributed by atoms with van der Waals surface area (Å²) < 4.78 is 44.1. The van der Waals surface area contributed by atoms with E-state index in [1.54, 1.807) is 30.3 Å². The quantitative estimate of drug-likeness (QED) is 0.799. The zero-order valence-electron chi connectivity index (χ0n) is 10.3. The highest BCUT2D eigenvalue weighted by atomic mass is 31.2. The minimum atomic E-state index is -3.15. The topological polar surface area (TPSA) is 26.3 Å². The van der Waals surface area contributed by atoms with Crippen molar-refractivity contribution >= 4 is 12.7 Å². The first kappa shape index (κ1) is 13.9. The van der Waals surface area contributed by atoms with E-state index in [1.807, 2.05) is 0 Å². The van der Waals surface area contributed by atoms with E-state index in [2.05, 4.69) is 0 Å². The van der Waals surface area contributed by atoms with Crippen molar-refractivity contribution in [2.75, 3.05) is 7.11 Å². The molecule has 5 heteroatoms. The van der Waals surface area contributed by atoms with Gasteiger partial charge in [0, 0.05) is 18.5 Å². The summed E-state index contributed by atoms with van der Waals surface area (Å²) in [6.07, 6.45) is -0.0395. The Morgan fingerprint density at radius 1 is 1.05 bits per heavy atom. The smallest absolute Gasteiger partial charge is 0.236 e. The Balaban J connectivity index is 2.36. The van der Waals surface area contributed by atoms with Gasteiger partial charge in [-0.15, -0.1) is 0 Å². The molecule has 1 atom stereocenters. The van der Waals surface area contributed by atoms with Crippen molar-refractivity contribution in [1.82, 2.24) is 0 Å². The molecule has 0 radical (unpaired) electrons. The molecule has 0 N–H and O–H groups in total. The van der Waals surface area contributed by atoms with Crippen LogP contribution in [-0.2, 0) is 15.3 Å². The molecular formula is C14H13F2O2P. The molecule has 19 heavy (non-hydrogen) atoms. The van der Waals surface area contributed by atoms with Crippen LogP contribution in [0.3, 0.4) is 0 Å². The van der Waals surface area contributed by atoms with Crippen molar-refractivity contribution in [3.63, 3.8) is 0 Å². The monoisotopic (exact) mass is 282 g/mol. The maximum atomic E-state index is 13.1. The van der Waals surface area contributed by atoms with E-state index in [-0.39, 0.29) is 6.16 Å². The Kier molecular flexibility index (Phi) is 4.13. The molecule has 2 rings (SSSR count). The van der Waals surface area contributed by atoms with Crippen LogP contribution in [-0.4, -0.2) is 7.11 Å². The molecule has 0 bridgehead atoms. The van der Waals surface area contributed by atoms with Gasteiger partial charge in [0.25, 0.3) is 0 Å². The summed E-state index contributed by atoms with van der Waals surface area (Å²) in [4.78, 5) is 0. The molecule has 0 fully saturated rings. The maximum absolute atomic E-state index is 13.1. The second-order valence-corrected chi connectivity index (χ2v) is 6.67. The number of benzene rings is 2. The van der Waals surface area contributed by atoms with Crippen molar-refractivity contribution in [3.8, 4) is 0 Å². The van der Waals surface area contributed by atoms with Crippen molar-refractivity contribution < 1.29 is 17.9 Å². The van der Waals surface area contributed by atoms with Crippen LogP contribution in [0, 0.1) is 11.6 Å². The fourth-order valence-electron chi connectivity index (χ4n) is 1.86. The van der Waals surface area contributed by atoms with Gasteiger partial charge in [-0.2, -0.15) is 0 Å². The van der Waals surface area contributed by atoms with Gasteiger partial charge in [0.2, 0.25) is 7.37 Å². The number of halogens is 2. The van der Waals surface area contributed by atoms with Crippen LogP contribution in [0.4, 0.5) is 8.78 Å². The standard InChI is InChI=1S/C14H13F2O2P/c1-18-19(17,14-5-3-2-4-6-14)10-11-7-12(15)9-13(16)8-11/h2-9H,10H2,1H3. The molecule has 0 amide bonds. The van der Waals surface area contributed by atoms with E-state index >= 15 is 0 Å². The fraction of sp³-hybridized carbons (Fsp3) is 0.143. The predicted octanol–water partition coefficient (Wildman–Crippen LogP) is 3.71. The van der Waals surface area contributed by atoms with Crippen molar-refractivity contribution in [3.05, 3.63) is 65.7 Å². The van der Waals surface area contributed by atoms with Gasteiger partial charge in [-0.1, -0.05) is 18.2 Å². The third-order valence-electron chi connectivity index (χ3n) is 2.76. The molecule has 2 aromatic rings. The third kappa shape index (κ3) is 3.28. The average molecular weight is 282 g/mol. The highest BCUT2D eigenvalue weighted by molar-refractivity contribution is 7.66. The lowest BCUT2D eigenvalue weighted by atomic mass is 10.2. The zero-order chi connectivity index (χ0) is 13.9. The summed E-state index contributed by atoms with van der Waals surface area (Å²) in [5.41, 5.74) is 0.312. The van der Waals surface area contributed by atoms with Gasteiger partial charge in [0.1, 0.15) is 11.6 Å². The van der Waals surface area contributed by atoms with Crippen LogP contribution >= 0.6 is 7.37 Å². The van der Waals surface area contributed by atoms with Crippen LogP contribution in [0.25, 0.3) is 0 Å². The van der Waals surface area contributed by atoms with Gasteiger partial charge in [-0.05, 0) is 29.8 Å². The molecule has 0 aliphatic carbocycles. The third-order valence-corrected chi connectivity index (χ3v) is 5.21. The SMILES string of the molecule is COP(=O)(Cc1cc(F)cc(F)c1)c1ccccc1. The van der Waals surface area contributed by atoms with Gasteiger partial charge in [-0.3, -0.25) is 4.57 Å². The van der Waals surface area contributed by atoms with Crippen molar-refractivity contribution in [2.45, 2.75) is 6.16 Å². The van der Waals surface area contributed by atoms with E-state index in [9.17, 15) is 13.3 Å². The molecule has 1 unspecified atom stereocenters. The number of hydrogen-bond donors (Lipinski definition) is 0. The Morgan fingerprint density at radius 2 is 1.63 bits per heavy atom. The van der Waals surface area contributed by atoms with Crippen LogP contribution < -0.4 is 5.30 Å².